The summed E-state index contributed by atoms with van der Waals surface area (Å²) in [5.74, 6) is -0.484. The molecule has 0 heterocycles. The van der Waals surface area contributed by atoms with E-state index in [4.69, 9.17) is 4.74 Å². The molecule has 0 radical (unpaired) electrons. The summed E-state index contributed by atoms with van der Waals surface area (Å²) in [7, 11) is 0. The fourth-order valence-corrected chi connectivity index (χ4v) is 3.30. The number of esters is 1. The number of rotatable bonds is 8. The number of ether oxygens (including phenoxy) is 1. The van der Waals surface area contributed by atoms with Gasteiger partial charge in [0, 0.05) is 23.1 Å². The average molecular weight is 402 g/mol. The van der Waals surface area contributed by atoms with E-state index >= 15 is 0 Å². The highest BCUT2D eigenvalue weighted by Crippen LogP contribution is 2.27. The molecule has 0 unspecified atom stereocenters. The van der Waals surface area contributed by atoms with Gasteiger partial charge in [-0.15, -0.1) is 11.8 Å². The Labute approximate surface area is 167 Å². The zero-order valence-corrected chi connectivity index (χ0v) is 16.7. The Bertz CT molecular complexity index is 869. The van der Waals surface area contributed by atoms with E-state index in [0.717, 1.165) is 0 Å². The van der Waals surface area contributed by atoms with E-state index < -0.39 is 17.0 Å². The number of amides is 1. The molecule has 2 rings (SSSR count). The lowest BCUT2D eigenvalue weighted by Crippen LogP contribution is -2.31. The fourth-order valence-electron chi connectivity index (χ4n) is 2.45. The highest BCUT2D eigenvalue weighted by atomic mass is 32.2. The molecule has 2 aromatic carbocycles. The zero-order chi connectivity index (χ0) is 20.7. The highest BCUT2D eigenvalue weighted by Gasteiger charge is 2.19. The molecular weight excluding hydrogens is 380 g/mol. The van der Waals surface area contributed by atoms with E-state index in [-0.39, 0.29) is 23.4 Å². The van der Waals surface area contributed by atoms with Gasteiger partial charge in [-0.25, -0.2) is 4.79 Å². The van der Waals surface area contributed by atoms with Crippen molar-refractivity contribution in [3.63, 3.8) is 0 Å². The lowest BCUT2D eigenvalue weighted by atomic mass is 10.1. The van der Waals surface area contributed by atoms with Gasteiger partial charge < -0.3 is 10.1 Å². The van der Waals surface area contributed by atoms with Crippen LogP contribution in [0.4, 0.5) is 5.69 Å². The van der Waals surface area contributed by atoms with E-state index in [1.165, 1.54) is 23.9 Å². The number of carbonyl (C=O) groups excluding carboxylic acids is 2. The number of thioether (sulfide) groups is 1. The van der Waals surface area contributed by atoms with Gasteiger partial charge in [0.1, 0.15) is 6.10 Å². The standard InChI is InChI=1S/C20H22N2O5S/c1-13(2)21-19(23)12-28-18-10-5-4-9-17(18)20(24)27-14(3)15-7-6-8-16(11-15)22(25)26/h4-11,13-14H,12H2,1-3H3,(H,21,23)/t14-/m0/s1. The van der Waals surface area contributed by atoms with Crippen LogP contribution in [-0.4, -0.2) is 28.6 Å². The highest BCUT2D eigenvalue weighted by molar-refractivity contribution is 8.00. The first-order valence-electron chi connectivity index (χ1n) is 8.74. The van der Waals surface area contributed by atoms with Gasteiger partial charge in [0.25, 0.3) is 5.69 Å². The molecule has 0 aliphatic heterocycles. The number of nitro benzene ring substituents is 1. The van der Waals surface area contributed by atoms with Crippen LogP contribution in [0.15, 0.2) is 53.4 Å². The van der Waals surface area contributed by atoms with E-state index in [9.17, 15) is 19.7 Å². The van der Waals surface area contributed by atoms with E-state index in [0.29, 0.717) is 16.0 Å². The molecule has 8 heteroatoms. The van der Waals surface area contributed by atoms with Gasteiger partial charge in [-0.3, -0.25) is 14.9 Å². The molecule has 28 heavy (non-hydrogen) atoms. The third-order valence-corrected chi connectivity index (χ3v) is 4.82. The first-order chi connectivity index (χ1) is 13.3. The maximum absolute atomic E-state index is 12.6. The second kappa shape index (κ2) is 9.89. The molecule has 1 amide bonds. The number of nitrogens with zero attached hydrogens (tertiary/aromatic N) is 1. The molecule has 0 aliphatic carbocycles. The van der Waals surface area contributed by atoms with Crippen molar-refractivity contribution in [1.82, 2.24) is 5.32 Å². The predicted molar refractivity (Wildman–Crippen MR) is 107 cm³/mol. The van der Waals surface area contributed by atoms with Crippen LogP contribution in [0, 0.1) is 10.1 Å². The minimum Gasteiger partial charge on any atom is -0.454 e. The van der Waals surface area contributed by atoms with E-state index in [2.05, 4.69) is 5.32 Å². The molecule has 1 N–H and O–H groups in total. The fraction of sp³-hybridized carbons (Fsp3) is 0.300. The van der Waals surface area contributed by atoms with Crippen LogP contribution in [-0.2, 0) is 9.53 Å². The predicted octanol–water partition coefficient (Wildman–Crippen LogP) is 4.13. The summed E-state index contributed by atoms with van der Waals surface area (Å²) in [5.41, 5.74) is 0.818. The summed E-state index contributed by atoms with van der Waals surface area (Å²) in [6.07, 6.45) is -0.658. The van der Waals surface area contributed by atoms with Crippen LogP contribution in [0.2, 0.25) is 0 Å². The molecule has 148 valence electrons. The summed E-state index contributed by atoms with van der Waals surface area (Å²) >= 11 is 1.25. The van der Waals surface area contributed by atoms with Crippen LogP contribution >= 0.6 is 11.8 Å². The van der Waals surface area contributed by atoms with Gasteiger partial charge in [0.2, 0.25) is 5.91 Å². The monoisotopic (exact) mass is 402 g/mol. The number of non-ortho nitro benzene ring substituents is 1. The minimum atomic E-state index is -0.658. The van der Waals surface area contributed by atoms with Crippen molar-refractivity contribution >= 4 is 29.3 Å². The number of nitrogens with one attached hydrogen (secondary N) is 1. The maximum Gasteiger partial charge on any atom is 0.339 e. The Balaban J connectivity index is 2.09. The Morgan fingerprint density at radius 1 is 1.14 bits per heavy atom. The van der Waals surface area contributed by atoms with Crippen molar-refractivity contribution in [2.45, 2.75) is 37.8 Å². The SMILES string of the molecule is CC(C)NC(=O)CSc1ccccc1C(=O)O[C@@H](C)c1cccc([N+](=O)[O-])c1. The van der Waals surface area contributed by atoms with Crippen LogP contribution < -0.4 is 5.32 Å². The molecule has 0 aromatic heterocycles. The Morgan fingerprint density at radius 2 is 1.86 bits per heavy atom. The van der Waals surface area contributed by atoms with Crippen molar-refractivity contribution in [3.05, 3.63) is 69.8 Å². The average Bonchev–Trinajstić information content (AvgIpc) is 2.66. The Kier molecular flexibility index (Phi) is 7.57. The molecule has 7 nitrogen and oxygen atoms in total. The maximum atomic E-state index is 12.6. The smallest absolute Gasteiger partial charge is 0.339 e. The molecule has 2 aromatic rings. The number of hydrogen-bond donors (Lipinski definition) is 1. The second-order valence-electron chi connectivity index (χ2n) is 6.41. The largest absolute Gasteiger partial charge is 0.454 e. The topological polar surface area (TPSA) is 98.5 Å². The van der Waals surface area contributed by atoms with Crippen molar-refractivity contribution in [1.29, 1.82) is 0 Å². The van der Waals surface area contributed by atoms with Crippen LogP contribution in [0.5, 0.6) is 0 Å². The van der Waals surface area contributed by atoms with Crippen molar-refractivity contribution in [2.24, 2.45) is 0 Å². The van der Waals surface area contributed by atoms with Gasteiger partial charge in [-0.1, -0.05) is 24.3 Å². The minimum absolute atomic E-state index is 0.0455. The quantitative estimate of drug-likeness (QED) is 0.308. The van der Waals surface area contributed by atoms with Gasteiger partial charge in [-0.05, 0) is 38.5 Å². The number of hydrogen-bond acceptors (Lipinski definition) is 6. The molecule has 0 fully saturated rings. The van der Waals surface area contributed by atoms with E-state index in [1.54, 1.807) is 43.3 Å². The van der Waals surface area contributed by atoms with Crippen LogP contribution in [0.25, 0.3) is 0 Å². The summed E-state index contributed by atoms with van der Waals surface area (Å²) in [6, 6.07) is 12.9. The molecule has 0 spiro atoms. The molecular formula is C20H22N2O5S. The number of carbonyl (C=O) groups is 2. The van der Waals surface area contributed by atoms with Crippen molar-refractivity contribution in [2.75, 3.05) is 5.75 Å². The van der Waals surface area contributed by atoms with E-state index in [1.807, 2.05) is 13.8 Å². The third kappa shape index (κ3) is 6.09. The van der Waals surface area contributed by atoms with Crippen molar-refractivity contribution < 1.29 is 19.2 Å². The lowest BCUT2D eigenvalue weighted by molar-refractivity contribution is -0.385. The van der Waals surface area contributed by atoms with Crippen LogP contribution in [0.3, 0.4) is 0 Å². The first kappa shape index (κ1) is 21.4. The van der Waals surface area contributed by atoms with Crippen LogP contribution in [0.1, 0.15) is 42.8 Å². The summed E-state index contributed by atoms with van der Waals surface area (Å²) < 4.78 is 5.49. The Morgan fingerprint density at radius 3 is 2.54 bits per heavy atom. The number of benzene rings is 2. The molecule has 0 bridgehead atoms. The molecule has 1 atom stereocenters. The van der Waals surface area contributed by atoms with Gasteiger partial charge >= 0.3 is 5.97 Å². The summed E-state index contributed by atoms with van der Waals surface area (Å²) in [5, 5.41) is 13.7. The second-order valence-corrected chi connectivity index (χ2v) is 7.42. The number of nitro groups is 1. The molecule has 0 aliphatic rings. The van der Waals surface area contributed by atoms with Gasteiger partial charge in [-0.2, -0.15) is 0 Å². The zero-order valence-electron chi connectivity index (χ0n) is 15.9. The van der Waals surface area contributed by atoms with Crippen molar-refractivity contribution in [3.8, 4) is 0 Å². The summed E-state index contributed by atoms with van der Waals surface area (Å²) in [6.45, 7) is 5.41. The Hall–Kier alpha value is -2.87. The molecule has 0 saturated carbocycles. The third-order valence-electron chi connectivity index (χ3n) is 3.75. The molecule has 0 saturated heterocycles. The normalized spacial score (nSPS) is 11.7. The summed E-state index contributed by atoms with van der Waals surface area (Å²) in [4.78, 5) is 35.5. The lowest BCUT2D eigenvalue weighted by Gasteiger charge is -2.15. The van der Waals surface area contributed by atoms with Gasteiger partial charge in [0.15, 0.2) is 0 Å². The van der Waals surface area contributed by atoms with Gasteiger partial charge in [0.05, 0.1) is 16.2 Å². The first-order valence-corrected chi connectivity index (χ1v) is 9.73.